The second-order valence-corrected chi connectivity index (χ2v) is 24.1. The number of anilines is 6. The van der Waals surface area contributed by atoms with Gasteiger partial charge in [0.2, 0.25) is 0 Å². The van der Waals surface area contributed by atoms with Gasteiger partial charge in [0, 0.05) is 83.7 Å². The van der Waals surface area contributed by atoms with Crippen LogP contribution in [0.25, 0.3) is 129 Å². The van der Waals surface area contributed by atoms with Gasteiger partial charge in [-0.15, -0.1) is 0 Å². The Morgan fingerprint density at radius 2 is 0.705 bits per heavy atom. The van der Waals surface area contributed by atoms with Crippen molar-refractivity contribution in [3.8, 4) is 85.1 Å². The molecule has 0 amide bonds. The largest absolute Gasteiger partial charge is 0.455 e. The first-order valence-corrected chi connectivity index (χ1v) is 32.0. The highest BCUT2D eigenvalue weighted by Gasteiger charge is 2.43. The van der Waals surface area contributed by atoms with E-state index in [1.54, 1.807) is 0 Å². The van der Waals surface area contributed by atoms with Crippen molar-refractivity contribution < 1.29 is 4.42 Å². The fourth-order valence-corrected chi connectivity index (χ4v) is 14.4. The van der Waals surface area contributed by atoms with Crippen molar-refractivity contribution in [1.29, 1.82) is 0 Å². The van der Waals surface area contributed by atoms with E-state index in [-0.39, 0.29) is 6.71 Å². The third kappa shape index (κ3) is 8.89. The molecule has 11 heteroatoms. The van der Waals surface area contributed by atoms with Gasteiger partial charge in [-0.25, -0.2) is 29.9 Å². The summed E-state index contributed by atoms with van der Waals surface area (Å²) in [7, 11) is 0. The standard InChI is InChI=1S/C84H52BN9O/c1-5-22-55(23-6-1)79-86-80(56-24-7-2-8-25-56)89-83(88-79)59-46-50-69(94-68-34-17-13-31-64(68)76-72(94)51-49-63-62-30-14-20-39-75(62)95-78(63)76)65(52-59)84-90-81(57-26-9-3-10-27-57)87-82(91-84)58-42-40-53(41-43-58)54-44-47-61(48-45-54)93-71-36-19-16-33-67(71)85-66-32-15-18-35-70(66)92(60-28-11-4-12-29-60)73-37-21-38-74(93)77(73)85/h1-52H. The van der Waals surface area contributed by atoms with Gasteiger partial charge in [-0.2, -0.15) is 0 Å². The SMILES string of the molecule is c1ccc(-c2nc(-c3ccccc3)nc(-c3ccc(-n4c5ccccc5c5c6oc7ccccc7c6ccc54)c(-c4nc(-c5ccccc5)nc(-c5ccc(-c6ccc(N7c8ccccc8B8c9ccccc9N(c9ccccc9)c9cccc7c98)cc6)cc5)n4)c3)n2)cc1. The minimum atomic E-state index is 0.0683. The number of hydrogen-bond acceptors (Lipinski definition) is 9. The molecule has 95 heavy (non-hydrogen) atoms. The van der Waals surface area contributed by atoms with Crippen molar-refractivity contribution in [2.24, 2.45) is 0 Å². The van der Waals surface area contributed by atoms with Crippen LogP contribution in [0, 0.1) is 0 Å². The summed E-state index contributed by atoms with van der Waals surface area (Å²) in [5.41, 5.74) is 22.4. The number of fused-ring (bicyclic) bond motifs is 11. The van der Waals surface area contributed by atoms with Crippen LogP contribution in [0.1, 0.15) is 0 Å². The first-order chi connectivity index (χ1) is 47.1. The maximum Gasteiger partial charge on any atom is 0.252 e. The Morgan fingerprint density at radius 3 is 1.29 bits per heavy atom. The van der Waals surface area contributed by atoms with Crippen LogP contribution in [0.3, 0.4) is 0 Å². The molecule has 17 aromatic rings. The van der Waals surface area contributed by atoms with Crippen LogP contribution in [0.5, 0.6) is 0 Å². The molecule has 10 nitrogen and oxygen atoms in total. The van der Waals surface area contributed by atoms with Gasteiger partial charge < -0.3 is 18.8 Å². The van der Waals surface area contributed by atoms with Gasteiger partial charge in [0.25, 0.3) is 6.71 Å². The van der Waals surface area contributed by atoms with Gasteiger partial charge in [-0.05, 0) is 119 Å². The number of para-hydroxylation sites is 5. The average Bonchev–Trinajstić information content (AvgIpc) is 1.36. The molecular weight excluding hydrogens is 1160 g/mol. The number of furan rings is 1. The maximum absolute atomic E-state index is 6.79. The lowest BCUT2D eigenvalue weighted by Crippen LogP contribution is -2.61. The lowest BCUT2D eigenvalue weighted by atomic mass is 9.33. The van der Waals surface area contributed by atoms with Crippen molar-refractivity contribution in [2.45, 2.75) is 0 Å². The van der Waals surface area contributed by atoms with E-state index in [1.165, 1.54) is 39.1 Å². The molecule has 0 saturated heterocycles. The molecule has 0 fully saturated rings. The van der Waals surface area contributed by atoms with E-state index in [0.29, 0.717) is 34.9 Å². The summed E-state index contributed by atoms with van der Waals surface area (Å²) < 4.78 is 9.11. The Kier molecular flexibility index (Phi) is 12.5. The Labute approximate surface area is 547 Å². The zero-order chi connectivity index (χ0) is 62.5. The highest BCUT2D eigenvalue weighted by Crippen LogP contribution is 2.46. The molecule has 0 bridgehead atoms. The van der Waals surface area contributed by atoms with Crippen molar-refractivity contribution in [3.05, 3.63) is 315 Å². The molecule has 19 rings (SSSR count). The summed E-state index contributed by atoms with van der Waals surface area (Å²) in [6.07, 6.45) is 0. The summed E-state index contributed by atoms with van der Waals surface area (Å²) in [6, 6.07) is 111. The topological polar surface area (TPSA) is 102 Å². The average molecular weight is 1210 g/mol. The molecule has 2 aliphatic heterocycles. The zero-order valence-electron chi connectivity index (χ0n) is 51.0. The van der Waals surface area contributed by atoms with E-state index in [1.807, 2.05) is 103 Å². The van der Waals surface area contributed by atoms with E-state index in [0.717, 1.165) is 105 Å². The van der Waals surface area contributed by atoms with Crippen LogP contribution in [-0.4, -0.2) is 41.2 Å². The smallest absolute Gasteiger partial charge is 0.252 e. The summed E-state index contributed by atoms with van der Waals surface area (Å²) in [5, 5.41) is 4.21. The molecule has 0 N–H and O–H groups in total. The Balaban J connectivity index is 0.748. The minimum Gasteiger partial charge on any atom is -0.455 e. The Morgan fingerprint density at radius 1 is 0.274 bits per heavy atom. The Hall–Kier alpha value is -12.9. The second-order valence-electron chi connectivity index (χ2n) is 24.1. The molecule has 0 atom stereocenters. The molecule has 0 unspecified atom stereocenters. The molecule has 4 aromatic heterocycles. The molecule has 0 aliphatic carbocycles. The molecule has 0 spiro atoms. The predicted octanol–water partition coefficient (Wildman–Crippen LogP) is 18.8. The van der Waals surface area contributed by atoms with Gasteiger partial charge in [0.15, 0.2) is 34.9 Å². The van der Waals surface area contributed by atoms with Crippen molar-refractivity contribution >= 4 is 101 Å². The van der Waals surface area contributed by atoms with Crippen molar-refractivity contribution in [2.75, 3.05) is 9.80 Å². The van der Waals surface area contributed by atoms with E-state index >= 15 is 0 Å². The first kappa shape index (κ1) is 53.9. The van der Waals surface area contributed by atoms with E-state index < -0.39 is 0 Å². The minimum absolute atomic E-state index is 0.0683. The molecule has 2 aliphatic rings. The molecule has 6 heterocycles. The van der Waals surface area contributed by atoms with Crippen molar-refractivity contribution in [3.63, 3.8) is 0 Å². The van der Waals surface area contributed by atoms with Crippen LogP contribution in [0.4, 0.5) is 34.1 Å². The number of aromatic nitrogens is 7. The molecule has 0 saturated carbocycles. The molecule has 0 radical (unpaired) electrons. The zero-order valence-corrected chi connectivity index (χ0v) is 51.0. The van der Waals surface area contributed by atoms with Crippen molar-refractivity contribution in [1.82, 2.24) is 34.5 Å². The Bertz CT molecular complexity index is 5810. The van der Waals surface area contributed by atoms with E-state index in [4.69, 9.17) is 34.3 Å². The fourth-order valence-electron chi connectivity index (χ4n) is 14.4. The lowest BCUT2D eigenvalue weighted by molar-refractivity contribution is 0.673. The summed E-state index contributed by atoms with van der Waals surface area (Å²) in [4.78, 5) is 36.6. The normalized spacial score (nSPS) is 12.4. The third-order valence-electron chi connectivity index (χ3n) is 18.7. The van der Waals surface area contributed by atoms with Gasteiger partial charge in [-0.1, -0.05) is 224 Å². The van der Waals surface area contributed by atoms with Gasteiger partial charge in [0.1, 0.15) is 11.2 Å². The number of nitrogens with zero attached hydrogens (tertiary/aromatic N) is 9. The maximum atomic E-state index is 6.79. The predicted molar refractivity (Wildman–Crippen MR) is 387 cm³/mol. The second kappa shape index (κ2) is 21.9. The molecule has 13 aromatic carbocycles. The lowest BCUT2D eigenvalue weighted by Gasteiger charge is -2.44. The summed E-state index contributed by atoms with van der Waals surface area (Å²) >= 11 is 0. The van der Waals surface area contributed by atoms with Crippen LogP contribution in [0.2, 0.25) is 0 Å². The molecule has 442 valence electrons. The molecular formula is C84H52BN9O. The number of benzene rings is 13. The highest BCUT2D eigenvalue weighted by atomic mass is 16.3. The summed E-state index contributed by atoms with van der Waals surface area (Å²) in [6.45, 7) is 0.0683. The van der Waals surface area contributed by atoms with E-state index in [9.17, 15) is 0 Å². The van der Waals surface area contributed by atoms with Crippen LogP contribution in [0.15, 0.2) is 320 Å². The summed E-state index contributed by atoms with van der Waals surface area (Å²) in [5.74, 6) is 3.17. The monoisotopic (exact) mass is 1210 g/mol. The third-order valence-corrected chi connectivity index (χ3v) is 18.7. The van der Waals surface area contributed by atoms with Crippen LogP contribution < -0.4 is 26.2 Å². The quantitative estimate of drug-likeness (QED) is 0.124. The van der Waals surface area contributed by atoms with E-state index in [2.05, 4.69) is 227 Å². The first-order valence-electron chi connectivity index (χ1n) is 32.0. The van der Waals surface area contributed by atoms with Gasteiger partial charge >= 0.3 is 0 Å². The van der Waals surface area contributed by atoms with Gasteiger partial charge in [0.05, 0.1) is 22.1 Å². The van der Waals surface area contributed by atoms with Gasteiger partial charge in [-0.3, -0.25) is 0 Å². The van der Waals surface area contributed by atoms with Crippen LogP contribution in [-0.2, 0) is 0 Å². The highest BCUT2D eigenvalue weighted by molar-refractivity contribution is 7.00. The number of rotatable bonds is 10. The van der Waals surface area contributed by atoms with Crippen LogP contribution >= 0.6 is 0 Å². The number of hydrogen-bond donors (Lipinski definition) is 0. The fraction of sp³-hybridized carbons (Fsp3) is 0.